The van der Waals surface area contributed by atoms with E-state index in [2.05, 4.69) is 10.5 Å². The second-order valence-electron chi connectivity index (χ2n) is 5.70. The van der Waals surface area contributed by atoms with Crippen LogP contribution in [0.3, 0.4) is 0 Å². The van der Waals surface area contributed by atoms with Gasteiger partial charge in [0.25, 0.3) is 5.91 Å². The van der Waals surface area contributed by atoms with Gasteiger partial charge in [-0.3, -0.25) is 4.79 Å². The highest BCUT2D eigenvalue weighted by atomic mass is 35.5. The van der Waals surface area contributed by atoms with Crippen LogP contribution < -0.4 is 5.32 Å². The van der Waals surface area contributed by atoms with Crippen molar-refractivity contribution in [1.29, 1.82) is 0 Å². The second-order valence-corrected chi connectivity index (χ2v) is 7.15. The summed E-state index contributed by atoms with van der Waals surface area (Å²) in [5, 5.41) is 16.3. The Labute approximate surface area is 159 Å². The zero-order valence-corrected chi connectivity index (χ0v) is 15.6. The number of carbonyl (C=O) groups is 2. The van der Waals surface area contributed by atoms with E-state index in [1.807, 2.05) is 0 Å². The second kappa shape index (κ2) is 7.88. The Morgan fingerprint density at radius 1 is 1.31 bits per heavy atom. The summed E-state index contributed by atoms with van der Waals surface area (Å²) in [4.78, 5) is 25.7. The average Bonchev–Trinajstić information content (AvgIpc) is 3.00. The summed E-state index contributed by atoms with van der Waals surface area (Å²) >= 11 is 7.08. The van der Waals surface area contributed by atoms with Crippen LogP contribution in [0.1, 0.15) is 50.9 Å². The Morgan fingerprint density at radius 3 is 2.69 bits per heavy atom. The van der Waals surface area contributed by atoms with Gasteiger partial charge in [0.1, 0.15) is 5.00 Å². The maximum atomic E-state index is 12.5. The van der Waals surface area contributed by atoms with E-state index in [1.165, 1.54) is 11.3 Å². The fourth-order valence-electron chi connectivity index (χ4n) is 2.86. The fourth-order valence-corrected chi connectivity index (χ4v) is 4.23. The minimum absolute atomic E-state index is 0.231. The molecule has 3 rings (SSSR count). The monoisotopic (exact) mass is 392 g/mol. The summed E-state index contributed by atoms with van der Waals surface area (Å²) in [5.41, 5.74) is 2.05. The molecule has 2 aromatic rings. The molecule has 1 aromatic heterocycles. The summed E-state index contributed by atoms with van der Waals surface area (Å²) in [6.07, 6.45) is 2.05. The Morgan fingerprint density at radius 2 is 2.04 bits per heavy atom. The zero-order chi connectivity index (χ0) is 18.7. The number of nitrogens with zero attached hydrogens (tertiary/aromatic N) is 1. The highest BCUT2D eigenvalue weighted by molar-refractivity contribution is 7.19. The molecule has 8 heteroatoms. The normalized spacial score (nSPS) is 14.8. The van der Waals surface area contributed by atoms with Gasteiger partial charge in [-0.1, -0.05) is 16.8 Å². The van der Waals surface area contributed by atoms with E-state index >= 15 is 0 Å². The predicted octanol–water partition coefficient (Wildman–Crippen LogP) is 4.35. The lowest BCUT2D eigenvalue weighted by atomic mass is 9.94. The van der Waals surface area contributed by atoms with Gasteiger partial charge >= 0.3 is 5.97 Å². The number of ether oxygens (including phenoxy) is 1. The number of halogens is 1. The molecule has 0 bridgehead atoms. The van der Waals surface area contributed by atoms with Crippen LogP contribution >= 0.6 is 22.9 Å². The first kappa shape index (κ1) is 18.4. The molecule has 26 heavy (non-hydrogen) atoms. The Bertz CT molecular complexity index is 874. The van der Waals surface area contributed by atoms with Crippen LogP contribution in [0.15, 0.2) is 29.4 Å². The minimum Gasteiger partial charge on any atom is -0.462 e. The number of carbonyl (C=O) groups excluding carboxylic acids is 2. The molecule has 0 saturated heterocycles. The van der Waals surface area contributed by atoms with E-state index in [-0.39, 0.29) is 12.5 Å². The number of thiophene rings is 1. The molecule has 0 fully saturated rings. The van der Waals surface area contributed by atoms with Crippen molar-refractivity contribution in [2.75, 3.05) is 11.9 Å². The van der Waals surface area contributed by atoms with E-state index in [0.29, 0.717) is 44.6 Å². The lowest BCUT2D eigenvalue weighted by Crippen LogP contribution is -2.16. The van der Waals surface area contributed by atoms with Gasteiger partial charge in [0.15, 0.2) is 0 Å². The lowest BCUT2D eigenvalue weighted by Gasteiger charge is -2.13. The van der Waals surface area contributed by atoms with Crippen molar-refractivity contribution in [3.8, 4) is 0 Å². The van der Waals surface area contributed by atoms with Crippen LogP contribution in [-0.4, -0.2) is 29.4 Å². The molecule has 1 aromatic carbocycles. The third-order valence-corrected chi connectivity index (χ3v) is 5.49. The molecule has 0 unspecified atom stereocenters. The number of hydrogen-bond donors (Lipinski definition) is 2. The molecule has 0 aliphatic heterocycles. The van der Waals surface area contributed by atoms with Gasteiger partial charge in [-0.2, -0.15) is 0 Å². The van der Waals surface area contributed by atoms with Crippen molar-refractivity contribution in [3.05, 3.63) is 50.9 Å². The van der Waals surface area contributed by atoms with Crippen LogP contribution in [0.4, 0.5) is 5.00 Å². The molecule has 1 aliphatic carbocycles. The van der Waals surface area contributed by atoms with Crippen LogP contribution in [0.25, 0.3) is 0 Å². The molecule has 1 aliphatic rings. The topological polar surface area (TPSA) is 88.0 Å². The first-order chi connectivity index (χ1) is 12.5. The zero-order valence-electron chi connectivity index (χ0n) is 14.0. The number of rotatable bonds is 4. The number of fused-ring (bicyclic) bond motifs is 1. The van der Waals surface area contributed by atoms with Crippen molar-refractivity contribution in [2.45, 2.75) is 26.2 Å². The SMILES string of the molecule is CCOC(=O)c1c(NC(=O)c2ccc(Cl)cc2)sc2c1CCCC2=NO. The lowest BCUT2D eigenvalue weighted by molar-refractivity contribution is 0.0527. The predicted molar refractivity (Wildman–Crippen MR) is 101 cm³/mol. The Kier molecular flexibility index (Phi) is 5.58. The molecule has 2 N–H and O–H groups in total. The van der Waals surface area contributed by atoms with E-state index in [4.69, 9.17) is 16.3 Å². The number of amides is 1. The van der Waals surface area contributed by atoms with Crippen LogP contribution in [0, 0.1) is 0 Å². The molecule has 0 radical (unpaired) electrons. The van der Waals surface area contributed by atoms with Crippen LogP contribution in [0.2, 0.25) is 5.02 Å². The van der Waals surface area contributed by atoms with Gasteiger partial charge in [-0.05, 0) is 56.0 Å². The quantitative estimate of drug-likeness (QED) is 0.460. The van der Waals surface area contributed by atoms with Gasteiger partial charge in [0, 0.05) is 10.6 Å². The van der Waals surface area contributed by atoms with Gasteiger partial charge in [-0.25, -0.2) is 4.79 Å². The number of nitrogens with one attached hydrogen (secondary N) is 1. The summed E-state index contributed by atoms with van der Waals surface area (Å²) in [5.74, 6) is -0.844. The van der Waals surface area contributed by atoms with E-state index in [0.717, 1.165) is 12.0 Å². The van der Waals surface area contributed by atoms with Crippen molar-refractivity contribution in [1.82, 2.24) is 0 Å². The van der Waals surface area contributed by atoms with Gasteiger partial charge in [0.2, 0.25) is 0 Å². The Balaban J connectivity index is 2.00. The highest BCUT2D eigenvalue weighted by Crippen LogP contribution is 2.39. The molecular weight excluding hydrogens is 376 g/mol. The molecule has 136 valence electrons. The third kappa shape index (κ3) is 3.59. The molecule has 0 atom stereocenters. The van der Waals surface area contributed by atoms with Gasteiger partial charge < -0.3 is 15.3 Å². The van der Waals surface area contributed by atoms with Gasteiger partial charge in [0.05, 0.1) is 22.8 Å². The van der Waals surface area contributed by atoms with Crippen LogP contribution in [0.5, 0.6) is 0 Å². The molecule has 6 nitrogen and oxygen atoms in total. The van der Waals surface area contributed by atoms with E-state index < -0.39 is 5.97 Å². The minimum atomic E-state index is -0.490. The molecule has 0 saturated carbocycles. The number of oxime groups is 1. The number of benzene rings is 1. The fraction of sp³-hybridized carbons (Fsp3) is 0.278. The van der Waals surface area contributed by atoms with Crippen molar-refractivity contribution >= 4 is 45.5 Å². The highest BCUT2D eigenvalue weighted by Gasteiger charge is 2.30. The smallest absolute Gasteiger partial charge is 0.341 e. The molecule has 1 heterocycles. The van der Waals surface area contributed by atoms with E-state index in [9.17, 15) is 14.8 Å². The summed E-state index contributed by atoms with van der Waals surface area (Å²) in [7, 11) is 0. The standard InChI is InChI=1S/C18H17ClN2O4S/c1-2-25-18(23)14-12-4-3-5-13(21-24)15(12)26-17(14)20-16(22)10-6-8-11(19)9-7-10/h6-9,24H,2-5H2,1H3,(H,20,22). The summed E-state index contributed by atoms with van der Waals surface area (Å²) in [6.45, 7) is 1.96. The van der Waals surface area contributed by atoms with Gasteiger partial charge in [-0.15, -0.1) is 11.3 Å². The summed E-state index contributed by atoms with van der Waals surface area (Å²) < 4.78 is 5.16. The number of anilines is 1. The largest absolute Gasteiger partial charge is 0.462 e. The maximum Gasteiger partial charge on any atom is 0.341 e. The van der Waals surface area contributed by atoms with E-state index in [1.54, 1.807) is 31.2 Å². The molecule has 0 spiro atoms. The first-order valence-corrected chi connectivity index (χ1v) is 9.35. The summed E-state index contributed by atoms with van der Waals surface area (Å²) in [6, 6.07) is 6.46. The van der Waals surface area contributed by atoms with Crippen molar-refractivity contribution in [3.63, 3.8) is 0 Å². The molecule has 1 amide bonds. The number of hydrogen-bond acceptors (Lipinski definition) is 6. The third-order valence-electron chi connectivity index (χ3n) is 4.04. The average molecular weight is 393 g/mol. The van der Waals surface area contributed by atoms with Crippen molar-refractivity contribution in [2.24, 2.45) is 5.16 Å². The number of esters is 1. The Hall–Kier alpha value is -2.38. The van der Waals surface area contributed by atoms with Crippen molar-refractivity contribution < 1.29 is 19.5 Å². The molecular formula is C18H17ClN2O4S. The first-order valence-electron chi connectivity index (χ1n) is 8.16. The maximum absolute atomic E-state index is 12.5. The van der Waals surface area contributed by atoms with Crippen LogP contribution in [-0.2, 0) is 11.2 Å².